The molecule has 0 bridgehead atoms. The molecule has 1 aliphatic carbocycles. The second kappa shape index (κ2) is 4.52. The lowest BCUT2D eigenvalue weighted by Gasteiger charge is -2.06. The number of rotatable bonds is 2. The molecule has 2 aromatic rings. The van der Waals surface area contributed by atoms with Crippen molar-refractivity contribution in [3.05, 3.63) is 33.3 Å². The molecule has 0 unspecified atom stereocenters. The van der Waals surface area contributed by atoms with Gasteiger partial charge in [0.15, 0.2) is 10.4 Å². The third kappa shape index (κ3) is 2.10. The molecule has 1 amide bonds. The van der Waals surface area contributed by atoms with Gasteiger partial charge in [-0.25, -0.2) is 0 Å². The monoisotopic (exact) mass is 323 g/mol. The van der Waals surface area contributed by atoms with Crippen molar-refractivity contribution in [3.8, 4) is 0 Å². The Morgan fingerprint density at radius 1 is 1.53 bits per heavy atom. The van der Waals surface area contributed by atoms with Crippen molar-refractivity contribution in [2.45, 2.75) is 26.2 Å². The summed E-state index contributed by atoms with van der Waals surface area (Å²) in [5, 5.41) is 7.34. The Bertz CT molecular complexity index is 657. The van der Waals surface area contributed by atoms with E-state index in [-0.39, 0.29) is 5.91 Å². The van der Waals surface area contributed by atoms with Gasteiger partial charge in [-0.05, 0) is 48.2 Å². The van der Waals surface area contributed by atoms with Crippen LogP contribution in [-0.2, 0) is 19.9 Å². The Labute approximate surface area is 119 Å². The van der Waals surface area contributed by atoms with E-state index in [2.05, 4.69) is 26.3 Å². The summed E-state index contributed by atoms with van der Waals surface area (Å²) >= 11 is 3.23. The summed E-state index contributed by atoms with van der Waals surface area (Å²) in [7, 11) is 1.85. The molecule has 6 heteroatoms. The summed E-state index contributed by atoms with van der Waals surface area (Å²) in [5.74, 6) is 0.880. The molecule has 1 aliphatic rings. The number of nitrogens with zero attached hydrogens (tertiary/aromatic N) is 2. The van der Waals surface area contributed by atoms with Crippen molar-refractivity contribution in [3.63, 3.8) is 0 Å². The molecule has 0 aromatic carbocycles. The highest BCUT2D eigenvalue weighted by molar-refractivity contribution is 9.10. The number of carbonyl (C=O) groups is 1. The molecule has 19 heavy (non-hydrogen) atoms. The van der Waals surface area contributed by atoms with Gasteiger partial charge < -0.3 is 9.73 Å². The van der Waals surface area contributed by atoms with Crippen LogP contribution in [0.5, 0.6) is 0 Å². The number of fused-ring (bicyclic) bond motifs is 1. The third-order valence-corrected chi connectivity index (χ3v) is 3.79. The number of halogens is 1. The number of nitrogens with one attached hydrogen (secondary N) is 1. The van der Waals surface area contributed by atoms with Gasteiger partial charge in [0.2, 0.25) is 0 Å². The number of aryl methyl sites for hydroxylation is 3. The van der Waals surface area contributed by atoms with Crippen LogP contribution in [0.1, 0.15) is 33.8 Å². The molecule has 2 heterocycles. The fraction of sp³-hybridized carbons (Fsp3) is 0.385. The molecule has 100 valence electrons. The zero-order chi connectivity index (χ0) is 13.6. The predicted octanol–water partition coefficient (Wildman–Crippen LogP) is 2.83. The van der Waals surface area contributed by atoms with Gasteiger partial charge in [0, 0.05) is 18.2 Å². The number of amides is 1. The number of carbonyl (C=O) groups excluding carboxylic acids is 1. The SMILES string of the molecule is Cc1cc(Br)oc1C(=O)Nc1c2c(nn1C)CCC2. The molecule has 0 saturated carbocycles. The molecule has 0 spiro atoms. The molecule has 5 nitrogen and oxygen atoms in total. The zero-order valence-electron chi connectivity index (χ0n) is 10.8. The Morgan fingerprint density at radius 3 is 3.00 bits per heavy atom. The summed E-state index contributed by atoms with van der Waals surface area (Å²) in [4.78, 5) is 12.2. The second-order valence-corrected chi connectivity index (χ2v) is 5.55. The second-order valence-electron chi connectivity index (χ2n) is 4.77. The maximum atomic E-state index is 12.2. The number of furan rings is 1. The van der Waals surface area contributed by atoms with E-state index in [9.17, 15) is 4.79 Å². The van der Waals surface area contributed by atoms with Crippen molar-refractivity contribution in [2.24, 2.45) is 7.05 Å². The zero-order valence-corrected chi connectivity index (χ0v) is 12.4. The van der Waals surface area contributed by atoms with Crippen LogP contribution in [0.25, 0.3) is 0 Å². The summed E-state index contributed by atoms with van der Waals surface area (Å²) in [6.07, 6.45) is 3.07. The highest BCUT2D eigenvalue weighted by Gasteiger charge is 2.24. The van der Waals surface area contributed by atoms with Crippen LogP contribution < -0.4 is 5.32 Å². The van der Waals surface area contributed by atoms with Crippen molar-refractivity contribution in [1.29, 1.82) is 0 Å². The molecule has 0 fully saturated rings. The maximum absolute atomic E-state index is 12.2. The molecule has 2 aromatic heterocycles. The van der Waals surface area contributed by atoms with E-state index in [0.717, 1.165) is 41.9 Å². The van der Waals surface area contributed by atoms with E-state index in [0.29, 0.717) is 10.4 Å². The van der Waals surface area contributed by atoms with Crippen LogP contribution >= 0.6 is 15.9 Å². The first-order valence-corrected chi connectivity index (χ1v) is 6.97. The van der Waals surface area contributed by atoms with E-state index in [1.807, 2.05) is 14.0 Å². The van der Waals surface area contributed by atoms with Crippen molar-refractivity contribution in [1.82, 2.24) is 9.78 Å². The van der Waals surface area contributed by atoms with Gasteiger partial charge in [-0.3, -0.25) is 9.48 Å². The van der Waals surface area contributed by atoms with Crippen LogP contribution in [0.3, 0.4) is 0 Å². The minimum Gasteiger partial charge on any atom is -0.444 e. The van der Waals surface area contributed by atoms with Crippen LogP contribution in [-0.4, -0.2) is 15.7 Å². The van der Waals surface area contributed by atoms with E-state index in [1.165, 1.54) is 0 Å². The molecule has 0 saturated heterocycles. The fourth-order valence-electron chi connectivity index (χ4n) is 2.51. The van der Waals surface area contributed by atoms with Gasteiger partial charge in [0.05, 0.1) is 5.69 Å². The molecular formula is C13H14BrN3O2. The Kier molecular flexibility index (Phi) is 2.97. The number of aromatic nitrogens is 2. The Hall–Kier alpha value is -1.56. The lowest BCUT2D eigenvalue weighted by molar-refractivity contribution is 0.0993. The minimum atomic E-state index is -0.235. The lowest BCUT2D eigenvalue weighted by atomic mass is 10.2. The van der Waals surface area contributed by atoms with E-state index < -0.39 is 0 Å². The van der Waals surface area contributed by atoms with Crippen molar-refractivity contribution >= 4 is 27.7 Å². The summed E-state index contributed by atoms with van der Waals surface area (Å²) in [6.45, 7) is 1.84. The first-order valence-electron chi connectivity index (χ1n) is 6.18. The van der Waals surface area contributed by atoms with Gasteiger partial charge in [-0.2, -0.15) is 5.10 Å². The molecule has 3 rings (SSSR count). The quantitative estimate of drug-likeness (QED) is 0.924. The van der Waals surface area contributed by atoms with Crippen molar-refractivity contribution < 1.29 is 9.21 Å². The average Bonchev–Trinajstić information content (AvgIpc) is 2.98. The van der Waals surface area contributed by atoms with Crippen LogP contribution in [0.4, 0.5) is 5.82 Å². The standard InChI is InChI=1S/C13H14BrN3O2/c1-7-6-10(14)19-11(7)13(18)15-12-8-4-3-5-9(8)16-17(12)2/h6H,3-5H2,1-2H3,(H,15,18). The lowest BCUT2D eigenvalue weighted by Crippen LogP contribution is -2.16. The fourth-order valence-corrected chi connectivity index (χ4v) is 3.01. The predicted molar refractivity (Wildman–Crippen MR) is 74.3 cm³/mol. The number of hydrogen-bond donors (Lipinski definition) is 1. The highest BCUT2D eigenvalue weighted by Crippen LogP contribution is 2.29. The smallest absolute Gasteiger partial charge is 0.292 e. The summed E-state index contributed by atoms with van der Waals surface area (Å²) in [5.41, 5.74) is 3.05. The topological polar surface area (TPSA) is 60.1 Å². The molecular weight excluding hydrogens is 310 g/mol. The van der Waals surface area contributed by atoms with Crippen LogP contribution in [0.15, 0.2) is 15.2 Å². The van der Waals surface area contributed by atoms with Gasteiger partial charge in [0.25, 0.3) is 5.91 Å². The maximum Gasteiger partial charge on any atom is 0.292 e. The first-order chi connectivity index (χ1) is 9.06. The van der Waals surface area contributed by atoms with Crippen LogP contribution in [0.2, 0.25) is 0 Å². The van der Waals surface area contributed by atoms with Gasteiger partial charge >= 0.3 is 0 Å². The van der Waals surface area contributed by atoms with E-state index >= 15 is 0 Å². The van der Waals surface area contributed by atoms with E-state index in [1.54, 1.807) is 10.7 Å². The molecule has 0 atom stereocenters. The van der Waals surface area contributed by atoms with Gasteiger partial charge in [-0.15, -0.1) is 0 Å². The number of hydrogen-bond acceptors (Lipinski definition) is 3. The van der Waals surface area contributed by atoms with Crippen molar-refractivity contribution in [2.75, 3.05) is 5.32 Å². The third-order valence-electron chi connectivity index (χ3n) is 3.39. The minimum absolute atomic E-state index is 0.235. The van der Waals surface area contributed by atoms with Crippen LogP contribution in [0, 0.1) is 6.92 Å². The first kappa shape index (κ1) is 12.5. The summed E-state index contributed by atoms with van der Waals surface area (Å²) in [6, 6.07) is 1.78. The van der Waals surface area contributed by atoms with E-state index in [4.69, 9.17) is 4.42 Å². The normalized spacial score (nSPS) is 13.6. The molecule has 0 radical (unpaired) electrons. The summed E-state index contributed by atoms with van der Waals surface area (Å²) < 4.78 is 7.65. The Morgan fingerprint density at radius 2 is 2.32 bits per heavy atom. The highest BCUT2D eigenvalue weighted by atomic mass is 79.9. The molecule has 0 aliphatic heterocycles. The largest absolute Gasteiger partial charge is 0.444 e. The average molecular weight is 324 g/mol. The van der Waals surface area contributed by atoms with Gasteiger partial charge in [-0.1, -0.05) is 0 Å². The number of anilines is 1. The molecule has 1 N–H and O–H groups in total. The Balaban J connectivity index is 1.90. The van der Waals surface area contributed by atoms with Gasteiger partial charge in [0.1, 0.15) is 5.82 Å².